The Kier molecular flexibility index (Phi) is 4.08. The molecule has 0 bridgehead atoms. The molecule has 0 N–H and O–H groups in total. The summed E-state index contributed by atoms with van der Waals surface area (Å²) in [7, 11) is 0. The van der Waals surface area contributed by atoms with Crippen LogP contribution in [-0.4, -0.2) is 0 Å². The maximum absolute atomic E-state index is 5.95. The molecule has 0 unspecified atom stereocenters. The lowest BCUT2D eigenvalue weighted by atomic mass is 10.1. The molecule has 0 aliphatic carbocycles. The van der Waals surface area contributed by atoms with Crippen molar-refractivity contribution in [2.75, 3.05) is 0 Å². The molecule has 0 fully saturated rings. The Morgan fingerprint density at radius 3 is 2.71 bits per heavy atom. The molecule has 0 aliphatic heterocycles. The first-order valence-corrected chi connectivity index (χ1v) is 6.45. The number of aryl methyl sites for hydroxylation is 1. The monoisotopic (exact) mass is 310 g/mol. The molecule has 0 saturated heterocycles. The molecule has 0 aromatic heterocycles. The molecule has 1 nitrogen and oxygen atoms in total. The summed E-state index contributed by atoms with van der Waals surface area (Å²) >= 11 is 9.33. The van der Waals surface area contributed by atoms with Crippen LogP contribution in [0.3, 0.4) is 0 Å². The third-order valence-electron chi connectivity index (χ3n) is 2.32. The largest absolute Gasteiger partial charge is 0.489 e. The van der Waals surface area contributed by atoms with E-state index in [0.29, 0.717) is 11.6 Å². The van der Waals surface area contributed by atoms with Gasteiger partial charge in [-0.1, -0.05) is 57.4 Å². The fraction of sp³-hybridized carbons (Fsp3) is 0.143. The van der Waals surface area contributed by atoms with E-state index in [1.807, 2.05) is 30.3 Å². The lowest BCUT2D eigenvalue weighted by molar-refractivity contribution is 0.306. The van der Waals surface area contributed by atoms with Crippen molar-refractivity contribution in [3.63, 3.8) is 0 Å². The minimum absolute atomic E-state index is 0.550. The van der Waals surface area contributed by atoms with Crippen molar-refractivity contribution in [3.05, 3.63) is 63.1 Å². The quantitative estimate of drug-likeness (QED) is 0.776. The van der Waals surface area contributed by atoms with E-state index < -0.39 is 0 Å². The molecule has 0 radical (unpaired) electrons. The van der Waals surface area contributed by atoms with Crippen LogP contribution in [0.5, 0.6) is 5.75 Å². The summed E-state index contributed by atoms with van der Waals surface area (Å²) in [6.45, 7) is 2.62. The molecule has 2 aromatic carbocycles. The third-order valence-corrected chi connectivity index (χ3v) is 3.00. The van der Waals surface area contributed by atoms with Gasteiger partial charge in [0.2, 0.25) is 0 Å². The van der Waals surface area contributed by atoms with Crippen LogP contribution in [0.1, 0.15) is 11.1 Å². The molecule has 0 spiro atoms. The number of halogens is 2. The van der Waals surface area contributed by atoms with Crippen LogP contribution in [0.4, 0.5) is 0 Å². The van der Waals surface area contributed by atoms with E-state index in [4.69, 9.17) is 16.3 Å². The minimum atomic E-state index is 0.550. The third kappa shape index (κ3) is 3.76. The van der Waals surface area contributed by atoms with Crippen molar-refractivity contribution in [1.29, 1.82) is 0 Å². The summed E-state index contributed by atoms with van der Waals surface area (Å²) < 4.78 is 6.61. The molecular weight excluding hydrogens is 300 g/mol. The number of hydrogen-bond acceptors (Lipinski definition) is 1. The first kappa shape index (κ1) is 12.5. The number of benzene rings is 2. The van der Waals surface area contributed by atoms with Gasteiger partial charge in [-0.15, -0.1) is 0 Å². The number of ether oxygens (including phenoxy) is 1. The predicted octanol–water partition coefficient (Wildman–Crippen LogP) is 4.99. The van der Waals surface area contributed by atoms with Crippen molar-refractivity contribution in [2.24, 2.45) is 0 Å². The molecule has 0 heterocycles. The fourth-order valence-corrected chi connectivity index (χ4v) is 2.41. The Labute approximate surface area is 115 Å². The fourth-order valence-electron chi connectivity index (χ4n) is 1.58. The molecule has 17 heavy (non-hydrogen) atoms. The molecule has 0 aliphatic rings. The van der Waals surface area contributed by atoms with Crippen LogP contribution >= 0.6 is 27.5 Å². The van der Waals surface area contributed by atoms with Gasteiger partial charge in [0.1, 0.15) is 12.4 Å². The Bertz CT molecular complexity index is 505. The second-order valence-corrected chi connectivity index (χ2v) is 5.23. The number of rotatable bonds is 3. The normalized spacial score (nSPS) is 10.3. The standard InChI is InChI=1S/C14H12BrClO/c1-10-3-2-4-11(5-10)9-17-14-7-12(15)6-13(16)8-14/h2-8H,9H2,1H3. The Hall–Kier alpha value is -0.990. The van der Waals surface area contributed by atoms with E-state index in [0.717, 1.165) is 15.8 Å². The van der Waals surface area contributed by atoms with Gasteiger partial charge in [-0.25, -0.2) is 0 Å². The topological polar surface area (TPSA) is 9.23 Å². The lowest BCUT2D eigenvalue weighted by Crippen LogP contribution is -1.95. The van der Waals surface area contributed by atoms with Crippen LogP contribution in [-0.2, 0) is 6.61 Å². The van der Waals surface area contributed by atoms with Crippen molar-refractivity contribution in [2.45, 2.75) is 13.5 Å². The lowest BCUT2D eigenvalue weighted by Gasteiger charge is -2.07. The maximum atomic E-state index is 5.95. The molecule has 2 rings (SSSR count). The van der Waals surface area contributed by atoms with Gasteiger partial charge in [0, 0.05) is 9.50 Å². The Morgan fingerprint density at radius 1 is 1.18 bits per heavy atom. The zero-order chi connectivity index (χ0) is 12.3. The predicted molar refractivity (Wildman–Crippen MR) is 74.7 cm³/mol. The molecule has 2 aromatic rings. The van der Waals surface area contributed by atoms with Crippen molar-refractivity contribution >= 4 is 27.5 Å². The highest BCUT2D eigenvalue weighted by Crippen LogP contribution is 2.25. The molecule has 0 saturated carbocycles. The van der Waals surface area contributed by atoms with Gasteiger partial charge in [0.15, 0.2) is 0 Å². The second kappa shape index (κ2) is 5.56. The first-order chi connectivity index (χ1) is 8.13. The summed E-state index contributed by atoms with van der Waals surface area (Å²) in [6, 6.07) is 13.8. The average Bonchev–Trinajstić information content (AvgIpc) is 2.25. The summed E-state index contributed by atoms with van der Waals surface area (Å²) in [5.41, 5.74) is 2.39. The van der Waals surface area contributed by atoms with E-state index in [1.165, 1.54) is 5.56 Å². The van der Waals surface area contributed by atoms with E-state index in [2.05, 4.69) is 35.0 Å². The zero-order valence-corrected chi connectivity index (χ0v) is 11.8. The van der Waals surface area contributed by atoms with Crippen LogP contribution < -0.4 is 4.74 Å². The van der Waals surface area contributed by atoms with Crippen LogP contribution in [0.15, 0.2) is 46.9 Å². The smallest absolute Gasteiger partial charge is 0.122 e. The second-order valence-electron chi connectivity index (χ2n) is 3.88. The van der Waals surface area contributed by atoms with E-state index in [1.54, 1.807) is 0 Å². The first-order valence-electron chi connectivity index (χ1n) is 5.28. The van der Waals surface area contributed by atoms with Gasteiger partial charge in [0.25, 0.3) is 0 Å². The zero-order valence-electron chi connectivity index (χ0n) is 9.41. The highest BCUT2D eigenvalue weighted by Gasteiger charge is 2.00. The van der Waals surface area contributed by atoms with Gasteiger partial charge in [-0.3, -0.25) is 0 Å². The summed E-state index contributed by atoms with van der Waals surface area (Å²) in [6.07, 6.45) is 0. The van der Waals surface area contributed by atoms with Crippen molar-refractivity contribution in [1.82, 2.24) is 0 Å². The Morgan fingerprint density at radius 2 is 2.00 bits per heavy atom. The average molecular weight is 312 g/mol. The Balaban J connectivity index is 2.07. The van der Waals surface area contributed by atoms with Gasteiger partial charge < -0.3 is 4.74 Å². The van der Waals surface area contributed by atoms with E-state index in [-0.39, 0.29) is 0 Å². The highest BCUT2D eigenvalue weighted by atomic mass is 79.9. The van der Waals surface area contributed by atoms with Crippen LogP contribution in [0.25, 0.3) is 0 Å². The summed E-state index contributed by atoms with van der Waals surface area (Å²) in [4.78, 5) is 0. The summed E-state index contributed by atoms with van der Waals surface area (Å²) in [5.74, 6) is 0.769. The van der Waals surface area contributed by atoms with Crippen molar-refractivity contribution < 1.29 is 4.74 Å². The van der Waals surface area contributed by atoms with Gasteiger partial charge >= 0.3 is 0 Å². The van der Waals surface area contributed by atoms with Gasteiger partial charge in [-0.05, 0) is 30.7 Å². The number of hydrogen-bond donors (Lipinski definition) is 0. The summed E-state index contributed by atoms with van der Waals surface area (Å²) in [5, 5.41) is 0.665. The molecule has 3 heteroatoms. The SMILES string of the molecule is Cc1cccc(COc2cc(Cl)cc(Br)c2)c1. The molecule has 88 valence electrons. The highest BCUT2D eigenvalue weighted by molar-refractivity contribution is 9.10. The minimum Gasteiger partial charge on any atom is -0.489 e. The molecule has 0 amide bonds. The van der Waals surface area contributed by atoms with Gasteiger partial charge in [0.05, 0.1) is 0 Å². The van der Waals surface area contributed by atoms with Gasteiger partial charge in [-0.2, -0.15) is 0 Å². The van der Waals surface area contributed by atoms with Crippen molar-refractivity contribution in [3.8, 4) is 5.75 Å². The van der Waals surface area contributed by atoms with E-state index in [9.17, 15) is 0 Å². The maximum Gasteiger partial charge on any atom is 0.122 e. The van der Waals surface area contributed by atoms with Crippen LogP contribution in [0.2, 0.25) is 5.02 Å². The molecule has 0 atom stereocenters. The van der Waals surface area contributed by atoms with Crippen LogP contribution in [0, 0.1) is 6.92 Å². The van der Waals surface area contributed by atoms with E-state index >= 15 is 0 Å². The molecular formula is C14H12BrClO.